The number of ether oxygens (including phenoxy) is 3. The van der Waals surface area contributed by atoms with E-state index in [1.54, 1.807) is 19.9 Å². The van der Waals surface area contributed by atoms with Crippen molar-refractivity contribution >= 4 is 11.9 Å². The second-order valence-electron chi connectivity index (χ2n) is 8.20. The molecule has 1 fully saturated rings. The van der Waals surface area contributed by atoms with Gasteiger partial charge >= 0.3 is 11.9 Å². The number of allylic oxidation sites excluding steroid dienone is 1. The Balaban J connectivity index is 2.08. The van der Waals surface area contributed by atoms with Crippen LogP contribution in [0.2, 0.25) is 0 Å². The number of esters is 2. The van der Waals surface area contributed by atoms with Crippen molar-refractivity contribution in [1.29, 1.82) is 0 Å². The molecule has 0 aromatic carbocycles. The van der Waals surface area contributed by atoms with Crippen molar-refractivity contribution in [1.82, 2.24) is 4.90 Å². The van der Waals surface area contributed by atoms with Crippen LogP contribution in [0.4, 0.5) is 0 Å². The highest BCUT2D eigenvalue weighted by Crippen LogP contribution is 2.33. The number of aliphatic hydroxyl groups is 2. The molecular weight excluding hydrogens is 378 g/mol. The van der Waals surface area contributed by atoms with E-state index in [1.165, 1.54) is 27.9 Å². The number of hydrogen-bond acceptors (Lipinski definition) is 8. The van der Waals surface area contributed by atoms with E-state index in [-0.39, 0.29) is 24.7 Å². The van der Waals surface area contributed by atoms with E-state index in [4.69, 9.17) is 14.2 Å². The van der Waals surface area contributed by atoms with Gasteiger partial charge in [-0.2, -0.15) is 0 Å². The van der Waals surface area contributed by atoms with Crippen molar-refractivity contribution < 1.29 is 34.0 Å². The van der Waals surface area contributed by atoms with E-state index in [0.29, 0.717) is 18.5 Å². The van der Waals surface area contributed by atoms with Crippen molar-refractivity contribution in [3.63, 3.8) is 0 Å². The molecule has 29 heavy (non-hydrogen) atoms. The Morgan fingerprint density at radius 2 is 2.03 bits per heavy atom. The number of carbonyl (C=O) groups is 2. The Hall–Kier alpha value is -1.74. The van der Waals surface area contributed by atoms with Crippen LogP contribution < -0.4 is 0 Å². The summed E-state index contributed by atoms with van der Waals surface area (Å²) in [6.07, 6.45) is 3.05. The largest absolute Gasteiger partial charge is 0.459 e. The summed E-state index contributed by atoms with van der Waals surface area (Å²) in [5, 5.41) is 21.2. The number of nitrogens with zero attached hydrogens (tertiary/aromatic N) is 1. The molecule has 0 aliphatic carbocycles. The number of rotatable bonds is 8. The minimum atomic E-state index is -2.23. The van der Waals surface area contributed by atoms with Gasteiger partial charge in [0.25, 0.3) is 0 Å². The molecule has 2 N–H and O–H groups in total. The number of hydrogen-bond donors (Lipinski definition) is 2. The van der Waals surface area contributed by atoms with Crippen LogP contribution in [0, 0.1) is 0 Å². The van der Waals surface area contributed by atoms with Crippen LogP contribution >= 0.6 is 0 Å². The summed E-state index contributed by atoms with van der Waals surface area (Å²) >= 11 is 0. The molecule has 0 aromatic rings. The van der Waals surface area contributed by atoms with Crippen LogP contribution in [-0.4, -0.2) is 83.3 Å². The molecule has 0 saturated carbocycles. The van der Waals surface area contributed by atoms with Gasteiger partial charge in [-0.25, -0.2) is 9.59 Å². The first-order valence-corrected chi connectivity index (χ1v) is 9.89. The lowest BCUT2D eigenvalue weighted by Gasteiger charge is -2.40. The van der Waals surface area contributed by atoms with Crippen LogP contribution in [0.15, 0.2) is 23.3 Å². The Bertz CT molecular complexity index is 694. The molecule has 1 saturated heterocycles. The molecule has 2 aliphatic heterocycles. The maximum absolute atomic E-state index is 12.7. The lowest BCUT2D eigenvalue weighted by molar-refractivity contribution is -0.216. The van der Waals surface area contributed by atoms with Gasteiger partial charge in [0.05, 0.1) is 12.1 Å². The normalized spacial score (nSPS) is 25.8. The van der Waals surface area contributed by atoms with Crippen LogP contribution in [0.1, 0.15) is 41.0 Å². The van der Waals surface area contributed by atoms with E-state index in [0.717, 1.165) is 12.1 Å². The summed E-state index contributed by atoms with van der Waals surface area (Å²) in [5.74, 6) is -1.32. The van der Waals surface area contributed by atoms with Crippen molar-refractivity contribution in [3.8, 4) is 0 Å². The van der Waals surface area contributed by atoms with Gasteiger partial charge in [-0.3, -0.25) is 4.90 Å². The van der Waals surface area contributed by atoms with E-state index >= 15 is 0 Å². The molecule has 0 amide bonds. The molecule has 0 aromatic heterocycles. The SMILES string of the molecule is C/C=C(/C)C(=O)O[C@H]1CCN2CC=C(COC(=O)C(O)([C@H](C)OC)C(C)(C)O)[C@H]12. The Labute approximate surface area is 172 Å². The summed E-state index contributed by atoms with van der Waals surface area (Å²) in [4.78, 5) is 27.0. The van der Waals surface area contributed by atoms with Gasteiger partial charge in [-0.1, -0.05) is 12.2 Å². The molecule has 164 valence electrons. The minimum absolute atomic E-state index is 0.0640. The van der Waals surface area contributed by atoms with Crippen LogP contribution in [0.3, 0.4) is 0 Å². The van der Waals surface area contributed by atoms with Gasteiger partial charge in [0.15, 0.2) is 0 Å². The van der Waals surface area contributed by atoms with E-state index in [9.17, 15) is 19.8 Å². The van der Waals surface area contributed by atoms with E-state index in [2.05, 4.69) is 4.90 Å². The molecule has 0 bridgehead atoms. The number of fused-ring (bicyclic) bond motifs is 1. The van der Waals surface area contributed by atoms with Crippen molar-refractivity contribution in [2.45, 2.75) is 70.5 Å². The summed E-state index contributed by atoms with van der Waals surface area (Å²) in [7, 11) is 1.34. The van der Waals surface area contributed by atoms with E-state index < -0.39 is 23.3 Å². The smallest absolute Gasteiger partial charge is 0.344 e. The third-order valence-corrected chi connectivity index (χ3v) is 5.98. The molecule has 8 nitrogen and oxygen atoms in total. The standard InChI is InChI=1S/C21H33NO7/c1-7-13(2)18(23)29-16-9-11-22-10-8-15(17(16)22)12-28-19(24)21(26,14(3)27-6)20(4,5)25/h7-8,14,16-17,25-26H,9-12H2,1-6H3/b13-7-/t14-,16-,17+,21?/m0/s1. The van der Waals surface area contributed by atoms with Gasteiger partial charge in [0, 0.05) is 25.8 Å². The second-order valence-corrected chi connectivity index (χ2v) is 8.20. The average Bonchev–Trinajstić information content (AvgIpc) is 3.26. The zero-order chi connectivity index (χ0) is 22.0. The zero-order valence-corrected chi connectivity index (χ0v) is 18.1. The highest BCUT2D eigenvalue weighted by atomic mass is 16.6. The molecule has 8 heteroatoms. The van der Waals surface area contributed by atoms with Crippen LogP contribution in [0.5, 0.6) is 0 Å². The van der Waals surface area contributed by atoms with Crippen molar-refractivity contribution in [3.05, 3.63) is 23.3 Å². The van der Waals surface area contributed by atoms with Gasteiger partial charge in [-0.05, 0) is 46.6 Å². The van der Waals surface area contributed by atoms with Gasteiger partial charge in [-0.15, -0.1) is 0 Å². The first-order valence-electron chi connectivity index (χ1n) is 9.89. The summed E-state index contributed by atoms with van der Waals surface area (Å²) in [6, 6.07) is -0.161. The highest BCUT2D eigenvalue weighted by molar-refractivity contribution is 5.87. The van der Waals surface area contributed by atoms with Gasteiger partial charge in [0.2, 0.25) is 5.60 Å². The van der Waals surface area contributed by atoms with Gasteiger partial charge < -0.3 is 24.4 Å². The van der Waals surface area contributed by atoms with Crippen LogP contribution in [0.25, 0.3) is 0 Å². The Kier molecular flexibility index (Phi) is 7.27. The Morgan fingerprint density at radius 1 is 1.38 bits per heavy atom. The fraction of sp³-hybridized carbons (Fsp3) is 0.714. The Morgan fingerprint density at radius 3 is 2.59 bits per heavy atom. The molecule has 2 heterocycles. The second kappa shape index (κ2) is 8.95. The summed E-state index contributed by atoms with van der Waals surface area (Å²) in [5.41, 5.74) is -2.65. The van der Waals surface area contributed by atoms with E-state index in [1.807, 2.05) is 6.08 Å². The molecule has 0 radical (unpaired) electrons. The highest BCUT2D eigenvalue weighted by Gasteiger charge is 2.55. The maximum Gasteiger partial charge on any atom is 0.344 e. The maximum atomic E-state index is 12.7. The quantitative estimate of drug-likeness (QED) is 0.346. The fourth-order valence-corrected chi connectivity index (χ4v) is 3.82. The number of methoxy groups -OCH3 is 1. The summed E-state index contributed by atoms with van der Waals surface area (Å²) in [6.45, 7) is 9.03. The first kappa shape index (κ1) is 23.5. The zero-order valence-electron chi connectivity index (χ0n) is 18.1. The molecule has 2 rings (SSSR count). The molecule has 0 spiro atoms. The average molecular weight is 411 g/mol. The van der Waals surface area contributed by atoms with Crippen molar-refractivity contribution in [2.75, 3.05) is 26.8 Å². The molecule has 2 aliphatic rings. The summed E-state index contributed by atoms with van der Waals surface area (Å²) < 4.78 is 16.1. The third kappa shape index (κ3) is 4.55. The molecule has 1 unspecified atom stereocenters. The predicted octanol–water partition coefficient (Wildman–Crippen LogP) is 0.959. The minimum Gasteiger partial charge on any atom is -0.459 e. The number of carbonyl (C=O) groups excluding carboxylic acids is 2. The molecular formula is C21H33NO7. The third-order valence-electron chi connectivity index (χ3n) is 5.98. The molecule has 4 atom stereocenters. The topological polar surface area (TPSA) is 106 Å². The van der Waals surface area contributed by atoms with Crippen molar-refractivity contribution in [2.24, 2.45) is 0 Å². The first-order chi connectivity index (χ1) is 13.5. The lowest BCUT2D eigenvalue weighted by atomic mass is 9.81. The lowest BCUT2D eigenvalue weighted by Crippen LogP contribution is -2.63. The predicted molar refractivity (Wildman–Crippen MR) is 106 cm³/mol. The van der Waals surface area contributed by atoms with Gasteiger partial charge in [0.1, 0.15) is 18.3 Å². The monoisotopic (exact) mass is 411 g/mol. The fourth-order valence-electron chi connectivity index (χ4n) is 3.82. The van der Waals surface area contributed by atoms with Crippen LogP contribution in [-0.2, 0) is 23.8 Å².